The van der Waals surface area contributed by atoms with E-state index in [0.717, 1.165) is 25.2 Å². The van der Waals surface area contributed by atoms with Gasteiger partial charge in [0.15, 0.2) is 0 Å². The predicted molar refractivity (Wildman–Crippen MR) is 92.7 cm³/mol. The fraction of sp³-hybridized carbons (Fsp3) is 0.700. The highest BCUT2D eigenvalue weighted by atomic mass is 14.6. The van der Waals surface area contributed by atoms with Crippen LogP contribution in [0.4, 0.5) is 0 Å². The minimum absolute atomic E-state index is 0.240. The second-order valence-corrected chi connectivity index (χ2v) is 6.73. The molecule has 0 heterocycles. The van der Waals surface area contributed by atoms with Crippen molar-refractivity contribution in [3.05, 3.63) is 34.4 Å². The van der Waals surface area contributed by atoms with Crippen LogP contribution in [0, 0.1) is 5.92 Å². The largest absolute Gasteiger partial charge is 0.324 e. The highest BCUT2D eigenvalue weighted by Crippen LogP contribution is 2.34. The van der Waals surface area contributed by atoms with Gasteiger partial charge in [0, 0.05) is 6.04 Å². The number of rotatable bonds is 6. The molecule has 0 amide bonds. The molecule has 2 rings (SSSR count). The fourth-order valence-corrected chi connectivity index (χ4v) is 4.02. The van der Waals surface area contributed by atoms with Crippen molar-refractivity contribution in [3.63, 3.8) is 0 Å². The predicted octanol–water partition coefficient (Wildman–Crippen LogP) is 5.34. The van der Waals surface area contributed by atoms with Crippen molar-refractivity contribution in [2.45, 2.75) is 84.6 Å². The highest BCUT2D eigenvalue weighted by molar-refractivity contribution is 5.41. The summed E-state index contributed by atoms with van der Waals surface area (Å²) in [6, 6.07) is 5.04. The maximum absolute atomic E-state index is 6.67. The molecule has 21 heavy (non-hydrogen) atoms. The van der Waals surface area contributed by atoms with Gasteiger partial charge in [-0.15, -0.1) is 0 Å². The lowest BCUT2D eigenvalue weighted by Gasteiger charge is -2.27. The molecule has 1 aromatic carbocycles. The molecule has 1 aliphatic carbocycles. The van der Waals surface area contributed by atoms with Crippen molar-refractivity contribution < 1.29 is 0 Å². The number of nitrogens with two attached hydrogens (primary N) is 1. The SMILES string of the molecule is CCc1cc(CC)c(C(N)CC2CCCCC2)c(CC)c1. The van der Waals surface area contributed by atoms with E-state index in [1.165, 1.54) is 60.8 Å². The van der Waals surface area contributed by atoms with Gasteiger partial charge < -0.3 is 5.73 Å². The van der Waals surface area contributed by atoms with Gasteiger partial charge in [-0.05, 0) is 53.9 Å². The molecule has 0 saturated heterocycles. The van der Waals surface area contributed by atoms with E-state index in [4.69, 9.17) is 5.73 Å². The van der Waals surface area contributed by atoms with Crippen LogP contribution in [-0.4, -0.2) is 0 Å². The molecule has 2 N–H and O–H groups in total. The van der Waals surface area contributed by atoms with Crippen LogP contribution in [0.1, 0.15) is 87.6 Å². The van der Waals surface area contributed by atoms with Gasteiger partial charge in [-0.1, -0.05) is 65.0 Å². The summed E-state index contributed by atoms with van der Waals surface area (Å²) in [4.78, 5) is 0. The number of benzene rings is 1. The molecule has 1 saturated carbocycles. The maximum atomic E-state index is 6.67. The standard InChI is InChI=1S/C20H33N/c1-4-15-12-17(5-2)20(18(6-3)13-15)19(21)14-16-10-8-7-9-11-16/h12-13,16,19H,4-11,14,21H2,1-3H3. The van der Waals surface area contributed by atoms with Gasteiger partial charge in [-0.2, -0.15) is 0 Å². The molecule has 0 bridgehead atoms. The molecule has 1 aromatic rings. The highest BCUT2D eigenvalue weighted by Gasteiger charge is 2.21. The van der Waals surface area contributed by atoms with Gasteiger partial charge in [-0.25, -0.2) is 0 Å². The molecule has 0 aliphatic heterocycles. The number of aryl methyl sites for hydroxylation is 3. The van der Waals surface area contributed by atoms with E-state index in [1.807, 2.05) is 0 Å². The van der Waals surface area contributed by atoms with Gasteiger partial charge >= 0.3 is 0 Å². The average molecular weight is 287 g/mol. The van der Waals surface area contributed by atoms with Gasteiger partial charge in [0.2, 0.25) is 0 Å². The Hall–Kier alpha value is -0.820. The molecule has 1 unspecified atom stereocenters. The molecule has 1 nitrogen and oxygen atoms in total. The third kappa shape index (κ3) is 4.10. The zero-order chi connectivity index (χ0) is 15.2. The van der Waals surface area contributed by atoms with E-state index in [2.05, 4.69) is 32.9 Å². The van der Waals surface area contributed by atoms with E-state index >= 15 is 0 Å². The second kappa shape index (κ2) is 7.98. The summed E-state index contributed by atoms with van der Waals surface area (Å²) in [5.41, 5.74) is 12.6. The molecule has 0 spiro atoms. The van der Waals surface area contributed by atoms with E-state index in [9.17, 15) is 0 Å². The summed E-state index contributed by atoms with van der Waals surface area (Å²) in [6.45, 7) is 6.78. The molecule has 0 radical (unpaired) electrons. The Morgan fingerprint density at radius 3 is 2.00 bits per heavy atom. The second-order valence-electron chi connectivity index (χ2n) is 6.73. The summed E-state index contributed by atoms with van der Waals surface area (Å²) >= 11 is 0. The zero-order valence-corrected chi connectivity index (χ0v) is 14.3. The van der Waals surface area contributed by atoms with Crippen LogP contribution in [0.3, 0.4) is 0 Å². The van der Waals surface area contributed by atoms with E-state index < -0.39 is 0 Å². The van der Waals surface area contributed by atoms with Crippen molar-refractivity contribution in [2.75, 3.05) is 0 Å². The van der Waals surface area contributed by atoms with Crippen LogP contribution in [-0.2, 0) is 19.3 Å². The summed E-state index contributed by atoms with van der Waals surface area (Å²) < 4.78 is 0. The molecular formula is C20H33N. The van der Waals surface area contributed by atoms with Crippen molar-refractivity contribution in [1.29, 1.82) is 0 Å². The first-order chi connectivity index (χ1) is 10.2. The first kappa shape index (κ1) is 16.5. The molecule has 1 atom stereocenters. The smallest absolute Gasteiger partial charge is 0.0302 e. The molecule has 1 heteroatoms. The lowest BCUT2D eigenvalue weighted by molar-refractivity contribution is 0.318. The average Bonchev–Trinajstić information content (AvgIpc) is 2.54. The van der Waals surface area contributed by atoms with Crippen molar-refractivity contribution in [1.82, 2.24) is 0 Å². The van der Waals surface area contributed by atoms with Crippen molar-refractivity contribution in [2.24, 2.45) is 11.7 Å². The maximum Gasteiger partial charge on any atom is 0.0302 e. The summed E-state index contributed by atoms with van der Waals surface area (Å²) in [7, 11) is 0. The Kier molecular flexibility index (Phi) is 6.29. The molecular weight excluding hydrogens is 254 g/mol. The lowest BCUT2D eigenvalue weighted by Crippen LogP contribution is -2.20. The third-order valence-corrected chi connectivity index (χ3v) is 5.26. The molecule has 1 aliphatic rings. The first-order valence-corrected chi connectivity index (χ1v) is 9.09. The Morgan fingerprint density at radius 2 is 1.52 bits per heavy atom. The minimum Gasteiger partial charge on any atom is -0.324 e. The van der Waals surface area contributed by atoms with E-state index in [1.54, 1.807) is 0 Å². The Labute approximate surface area is 131 Å². The van der Waals surface area contributed by atoms with Gasteiger partial charge in [-0.3, -0.25) is 0 Å². The molecule has 0 aromatic heterocycles. The van der Waals surface area contributed by atoms with Gasteiger partial charge in [0.05, 0.1) is 0 Å². The van der Waals surface area contributed by atoms with Crippen LogP contribution >= 0.6 is 0 Å². The summed E-state index contributed by atoms with van der Waals surface area (Å²) in [5.74, 6) is 0.856. The van der Waals surface area contributed by atoms with Crippen molar-refractivity contribution in [3.8, 4) is 0 Å². The Bertz CT molecular complexity index is 418. The summed E-state index contributed by atoms with van der Waals surface area (Å²) in [6.07, 6.45) is 11.6. The number of hydrogen-bond acceptors (Lipinski definition) is 1. The molecule has 1 fully saturated rings. The third-order valence-electron chi connectivity index (χ3n) is 5.26. The first-order valence-electron chi connectivity index (χ1n) is 9.09. The van der Waals surface area contributed by atoms with Crippen LogP contribution in [0.2, 0.25) is 0 Å². The molecule has 118 valence electrons. The van der Waals surface area contributed by atoms with Crippen LogP contribution in [0.15, 0.2) is 12.1 Å². The number of hydrogen-bond donors (Lipinski definition) is 1. The zero-order valence-electron chi connectivity index (χ0n) is 14.3. The minimum atomic E-state index is 0.240. The van der Waals surface area contributed by atoms with E-state index in [0.29, 0.717) is 0 Å². The van der Waals surface area contributed by atoms with Crippen LogP contribution < -0.4 is 5.73 Å². The quantitative estimate of drug-likeness (QED) is 0.750. The monoisotopic (exact) mass is 287 g/mol. The van der Waals surface area contributed by atoms with Crippen LogP contribution in [0.5, 0.6) is 0 Å². The lowest BCUT2D eigenvalue weighted by atomic mass is 9.81. The van der Waals surface area contributed by atoms with Crippen LogP contribution in [0.25, 0.3) is 0 Å². The van der Waals surface area contributed by atoms with Crippen molar-refractivity contribution >= 4 is 0 Å². The Morgan fingerprint density at radius 1 is 0.952 bits per heavy atom. The fourth-order valence-electron chi connectivity index (χ4n) is 4.02. The van der Waals surface area contributed by atoms with Gasteiger partial charge in [0.25, 0.3) is 0 Å². The van der Waals surface area contributed by atoms with E-state index in [-0.39, 0.29) is 6.04 Å². The Balaban J connectivity index is 2.23. The van der Waals surface area contributed by atoms with Gasteiger partial charge in [0.1, 0.15) is 0 Å². The topological polar surface area (TPSA) is 26.0 Å². The normalized spacial score (nSPS) is 17.9. The summed E-state index contributed by atoms with van der Waals surface area (Å²) in [5, 5.41) is 0.